The predicted molar refractivity (Wildman–Crippen MR) is 83.0 cm³/mol. The van der Waals surface area contributed by atoms with E-state index in [1.165, 1.54) is 42.5 Å². The van der Waals surface area contributed by atoms with Gasteiger partial charge >= 0.3 is 0 Å². The lowest BCUT2D eigenvalue weighted by Crippen LogP contribution is -2.03. The molecule has 0 unspecified atom stereocenters. The maximum atomic E-state index is 12.4. The van der Waals surface area contributed by atoms with Gasteiger partial charge in [0.05, 0.1) is 4.90 Å². The molecule has 2 rings (SSSR count). The van der Waals surface area contributed by atoms with Crippen molar-refractivity contribution in [1.29, 1.82) is 5.26 Å². The molecule has 0 saturated carbocycles. The first-order valence-electron chi connectivity index (χ1n) is 5.85. The number of rotatable bonds is 3. The molecule has 0 saturated heterocycles. The topological polar surface area (TPSA) is 78.2 Å². The Morgan fingerprint density at radius 1 is 1.10 bits per heavy atom. The number of nitriles is 1. The molecule has 0 aliphatic rings. The highest BCUT2D eigenvalue weighted by Gasteiger charge is 2.20. The SMILES string of the molecule is N#C/C(=C/c1ccc(O)cc1)S(=O)(=O)c1ccc(Br)cc1. The summed E-state index contributed by atoms with van der Waals surface area (Å²) in [5.41, 5.74) is 0.519. The number of aromatic hydroxyl groups is 1. The number of phenols is 1. The quantitative estimate of drug-likeness (QED) is 0.846. The second-order valence-corrected chi connectivity index (χ2v) is 7.00. The van der Waals surface area contributed by atoms with E-state index in [-0.39, 0.29) is 15.6 Å². The fraction of sp³-hybridized carbons (Fsp3) is 0. The van der Waals surface area contributed by atoms with Crippen molar-refractivity contribution in [3.63, 3.8) is 0 Å². The third-order valence-electron chi connectivity index (χ3n) is 2.71. The van der Waals surface area contributed by atoms with Crippen LogP contribution in [-0.2, 0) is 9.84 Å². The van der Waals surface area contributed by atoms with E-state index in [2.05, 4.69) is 15.9 Å². The van der Waals surface area contributed by atoms with Gasteiger partial charge in [-0.1, -0.05) is 28.1 Å². The zero-order valence-electron chi connectivity index (χ0n) is 10.7. The van der Waals surface area contributed by atoms with Crippen molar-refractivity contribution >= 4 is 31.8 Å². The largest absolute Gasteiger partial charge is 0.508 e. The number of allylic oxidation sites excluding steroid dienone is 1. The Balaban J connectivity index is 2.47. The van der Waals surface area contributed by atoms with Crippen LogP contribution in [0.4, 0.5) is 0 Å². The monoisotopic (exact) mass is 363 g/mol. The lowest BCUT2D eigenvalue weighted by molar-refractivity contribution is 0.475. The number of hydrogen-bond donors (Lipinski definition) is 1. The third-order valence-corrected chi connectivity index (χ3v) is 4.92. The molecular formula is C15H10BrNO3S. The number of benzene rings is 2. The van der Waals surface area contributed by atoms with Crippen LogP contribution in [0.15, 0.2) is 62.8 Å². The van der Waals surface area contributed by atoms with E-state index in [0.717, 1.165) is 4.47 Å². The van der Waals surface area contributed by atoms with Gasteiger partial charge in [0, 0.05) is 4.47 Å². The van der Waals surface area contributed by atoms with Crippen molar-refractivity contribution in [2.24, 2.45) is 0 Å². The molecule has 2 aromatic rings. The molecule has 106 valence electrons. The highest BCUT2D eigenvalue weighted by Crippen LogP contribution is 2.23. The fourth-order valence-electron chi connectivity index (χ4n) is 1.63. The molecule has 0 amide bonds. The molecule has 21 heavy (non-hydrogen) atoms. The van der Waals surface area contributed by atoms with Gasteiger partial charge in [-0.25, -0.2) is 8.42 Å². The molecule has 0 spiro atoms. The Morgan fingerprint density at radius 3 is 2.19 bits per heavy atom. The molecule has 0 aliphatic carbocycles. The van der Waals surface area contributed by atoms with Crippen molar-refractivity contribution in [1.82, 2.24) is 0 Å². The molecule has 2 aromatic carbocycles. The third kappa shape index (κ3) is 3.51. The van der Waals surface area contributed by atoms with E-state index in [0.29, 0.717) is 5.56 Å². The Hall–Kier alpha value is -2.10. The van der Waals surface area contributed by atoms with Gasteiger partial charge in [0.2, 0.25) is 9.84 Å². The Labute approximate surface area is 131 Å². The Bertz CT molecular complexity index is 817. The van der Waals surface area contributed by atoms with Gasteiger partial charge in [-0.3, -0.25) is 0 Å². The summed E-state index contributed by atoms with van der Waals surface area (Å²) in [6.45, 7) is 0. The van der Waals surface area contributed by atoms with Gasteiger partial charge in [0.25, 0.3) is 0 Å². The average molecular weight is 364 g/mol. The maximum absolute atomic E-state index is 12.4. The standard InChI is InChI=1S/C15H10BrNO3S/c16-12-3-7-14(8-4-12)21(19,20)15(10-17)9-11-1-5-13(18)6-2-11/h1-9,18H/b15-9-. The summed E-state index contributed by atoms with van der Waals surface area (Å²) in [7, 11) is -3.86. The number of hydrogen-bond acceptors (Lipinski definition) is 4. The van der Waals surface area contributed by atoms with Gasteiger partial charge in [0.15, 0.2) is 0 Å². The highest BCUT2D eigenvalue weighted by molar-refractivity contribution is 9.10. The number of halogens is 1. The van der Waals surface area contributed by atoms with Crippen LogP contribution in [0.1, 0.15) is 5.56 Å². The van der Waals surface area contributed by atoms with Gasteiger partial charge in [-0.2, -0.15) is 5.26 Å². The molecule has 4 nitrogen and oxygen atoms in total. The van der Waals surface area contributed by atoms with Crippen molar-refractivity contribution in [3.8, 4) is 11.8 Å². The Kier molecular flexibility index (Phi) is 4.46. The minimum Gasteiger partial charge on any atom is -0.508 e. The van der Waals surface area contributed by atoms with E-state index in [4.69, 9.17) is 5.26 Å². The minimum absolute atomic E-state index is 0.0530. The molecule has 0 bridgehead atoms. The first kappa shape index (κ1) is 15.3. The molecular weight excluding hydrogens is 354 g/mol. The zero-order chi connectivity index (χ0) is 15.5. The van der Waals surface area contributed by atoms with Gasteiger partial charge in [-0.15, -0.1) is 0 Å². The summed E-state index contributed by atoms with van der Waals surface area (Å²) in [6, 6.07) is 13.7. The van der Waals surface area contributed by atoms with Gasteiger partial charge in [-0.05, 0) is 48.0 Å². The van der Waals surface area contributed by atoms with Crippen molar-refractivity contribution in [2.45, 2.75) is 4.90 Å². The van der Waals surface area contributed by atoms with Gasteiger partial charge < -0.3 is 5.11 Å². The van der Waals surface area contributed by atoms with Crippen LogP contribution in [0.2, 0.25) is 0 Å². The smallest absolute Gasteiger partial charge is 0.216 e. The van der Waals surface area contributed by atoms with Crippen LogP contribution in [-0.4, -0.2) is 13.5 Å². The van der Waals surface area contributed by atoms with Crippen LogP contribution < -0.4 is 0 Å². The first-order valence-corrected chi connectivity index (χ1v) is 8.12. The van der Waals surface area contributed by atoms with Crippen LogP contribution in [0, 0.1) is 11.3 Å². The lowest BCUT2D eigenvalue weighted by Gasteiger charge is -2.03. The van der Waals surface area contributed by atoms with E-state index in [1.807, 2.05) is 0 Å². The summed E-state index contributed by atoms with van der Waals surface area (Å²) in [5.74, 6) is 0.0708. The summed E-state index contributed by atoms with van der Waals surface area (Å²) in [5, 5.41) is 18.3. The van der Waals surface area contributed by atoms with E-state index >= 15 is 0 Å². The van der Waals surface area contributed by atoms with Crippen molar-refractivity contribution in [3.05, 3.63) is 63.5 Å². The zero-order valence-corrected chi connectivity index (χ0v) is 13.1. The molecule has 0 aromatic heterocycles. The molecule has 1 N–H and O–H groups in total. The summed E-state index contributed by atoms with van der Waals surface area (Å²) < 4.78 is 25.5. The average Bonchev–Trinajstić information content (AvgIpc) is 2.47. The summed E-state index contributed by atoms with van der Waals surface area (Å²) >= 11 is 3.23. The molecule has 6 heteroatoms. The first-order chi connectivity index (χ1) is 9.93. The molecule has 0 fully saturated rings. The van der Waals surface area contributed by atoms with Gasteiger partial charge in [0.1, 0.15) is 16.7 Å². The number of sulfone groups is 1. The highest BCUT2D eigenvalue weighted by atomic mass is 79.9. The number of nitrogens with zero attached hydrogens (tertiary/aromatic N) is 1. The molecule has 0 heterocycles. The normalized spacial score (nSPS) is 11.9. The van der Waals surface area contributed by atoms with E-state index < -0.39 is 9.84 Å². The maximum Gasteiger partial charge on any atom is 0.216 e. The van der Waals surface area contributed by atoms with Crippen LogP contribution in [0.25, 0.3) is 6.08 Å². The van der Waals surface area contributed by atoms with Crippen molar-refractivity contribution in [2.75, 3.05) is 0 Å². The summed E-state index contributed by atoms with van der Waals surface area (Å²) in [6.07, 6.45) is 1.27. The van der Waals surface area contributed by atoms with Crippen LogP contribution in [0.3, 0.4) is 0 Å². The van der Waals surface area contributed by atoms with Crippen LogP contribution >= 0.6 is 15.9 Å². The lowest BCUT2D eigenvalue weighted by atomic mass is 10.2. The molecule has 0 atom stereocenters. The van der Waals surface area contributed by atoms with E-state index in [1.54, 1.807) is 18.2 Å². The van der Waals surface area contributed by atoms with E-state index in [9.17, 15) is 13.5 Å². The second kappa shape index (κ2) is 6.12. The predicted octanol–water partition coefficient (Wildman–Crippen LogP) is 3.49. The molecule has 0 aliphatic heterocycles. The molecule has 0 radical (unpaired) electrons. The Morgan fingerprint density at radius 2 is 1.67 bits per heavy atom. The number of phenolic OH excluding ortho intramolecular Hbond substituents is 1. The van der Waals surface area contributed by atoms with Crippen LogP contribution in [0.5, 0.6) is 5.75 Å². The fourth-order valence-corrected chi connectivity index (χ4v) is 3.06. The minimum atomic E-state index is -3.86. The van der Waals surface area contributed by atoms with Crippen molar-refractivity contribution < 1.29 is 13.5 Å². The second-order valence-electron chi connectivity index (χ2n) is 4.17. The summed E-state index contributed by atoms with van der Waals surface area (Å²) in [4.78, 5) is -0.298.